The van der Waals surface area contributed by atoms with E-state index in [1.54, 1.807) is 12.3 Å². The van der Waals surface area contributed by atoms with Crippen LogP contribution in [0.1, 0.15) is 18.2 Å². The molecule has 7 heteroatoms. The highest BCUT2D eigenvalue weighted by Crippen LogP contribution is 2.07. The van der Waals surface area contributed by atoms with Crippen LogP contribution in [0.3, 0.4) is 0 Å². The first-order valence-electron chi connectivity index (χ1n) is 6.33. The molecule has 0 aliphatic carbocycles. The molecule has 0 saturated carbocycles. The zero-order chi connectivity index (χ0) is 15.1. The lowest BCUT2D eigenvalue weighted by Crippen LogP contribution is -2.34. The van der Waals surface area contributed by atoms with Gasteiger partial charge in [-0.05, 0) is 11.6 Å². The maximum Gasteiger partial charge on any atom is 0.409 e. The summed E-state index contributed by atoms with van der Waals surface area (Å²) in [5, 5.41) is 15.3. The number of carbonyl (C=O) groups is 2. The minimum atomic E-state index is -1.04. The van der Waals surface area contributed by atoms with Crippen molar-refractivity contribution in [3.8, 4) is 0 Å². The molecule has 21 heavy (non-hydrogen) atoms. The molecule has 2 rings (SSSR count). The topological polar surface area (TPSA) is 93.5 Å². The molecule has 1 aromatic heterocycles. The van der Waals surface area contributed by atoms with E-state index in [0.717, 1.165) is 5.56 Å². The number of carboxylic acid groups (broad SMARTS) is 1. The van der Waals surface area contributed by atoms with E-state index in [-0.39, 0.29) is 13.0 Å². The lowest BCUT2D eigenvalue weighted by atomic mass is 10.2. The van der Waals surface area contributed by atoms with Gasteiger partial charge in [0.1, 0.15) is 12.8 Å². The third-order valence-corrected chi connectivity index (χ3v) is 2.71. The van der Waals surface area contributed by atoms with Crippen molar-refractivity contribution in [2.45, 2.75) is 19.2 Å². The number of hydrogen-bond donors (Lipinski definition) is 2. The van der Waals surface area contributed by atoms with Crippen LogP contribution in [0.5, 0.6) is 0 Å². The van der Waals surface area contributed by atoms with Gasteiger partial charge in [0.15, 0.2) is 0 Å². The predicted octanol–water partition coefficient (Wildman–Crippen LogP) is 1.78. The fourth-order valence-electron chi connectivity index (χ4n) is 1.74. The Balaban J connectivity index is 1.90. The van der Waals surface area contributed by atoms with Crippen LogP contribution in [0.15, 0.2) is 48.8 Å². The number of hydrogen-bond acceptors (Lipinski definition) is 4. The van der Waals surface area contributed by atoms with Crippen molar-refractivity contribution in [3.05, 3.63) is 54.4 Å². The molecule has 110 valence electrons. The number of aromatic nitrogens is 2. The number of aliphatic carboxylic acids is 1. The highest BCUT2D eigenvalue weighted by atomic mass is 16.5. The smallest absolute Gasteiger partial charge is 0.409 e. The Morgan fingerprint density at radius 3 is 2.67 bits per heavy atom. The van der Waals surface area contributed by atoms with Crippen LogP contribution < -0.4 is 5.32 Å². The van der Waals surface area contributed by atoms with E-state index in [2.05, 4.69) is 10.4 Å². The fourth-order valence-corrected chi connectivity index (χ4v) is 1.74. The molecule has 2 aromatic rings. The van der Waals surface area contributed by atoms with Crippen molar-refractivity contribution >= 4 is 12.1 Å². The zero-order valence-corrected chi connectivity index (χ0v) is 11.2. The second kappa shape index (κ2) is 7.09. The highest BCUT2D eigenvalue weighted by molar-refractivity contribution is 5.70. The lowest BCUT2D eigenvalue weighted by Gasteiger charge is -2.17. The van der Waals surface area contributed by atoms with Crippen molar-refractivity contribution < 1.29 is 19.4 Å². The number of alkyl carbamates (subject to hydrolysis) is 1. The normalized spacial score (nSPS) is 11.6. The summed E-state index contributed by atoms with van der Waals surface area (Å²) in [4.78, 5) is 22.6. The molecule has 0 bridgehead atoms. The van der Waals surface area contributed by atoms with Gasteiger partial charge in [0.2, 0.25) is 0 Å². The third-order valence-electron chi connectivity index (χ3n) is 2.71. The first-order valence-corrected chi connectivity index (χ1v) is 6.33. The molecule has 0 spiro atoms. The predicted molar refractivity (Wildman–Crippen MR) is 73.3 cm³/mol. The number of carboxylic acids is 1. The Labute approximate surface area is 121 Å². The minimum absolute atomic E-state index is 0.117. The van der Waals surface area contributed by atoms with Crippen LogP contribution in [-0.2, 0) is 16.1 Å². The molecular formula is C14H15N3O4. The molecule has 0 aliphatic heterocycles. The van der Waals surface area contributed by atoms with E-state index >= 15 is 0 Å². The van der Waals surface area contributed by atoms with Crippen molar-refractivity contribution in [2.24, 2.45) is 0 Å². The second-order valence-electron chi connectivity index (χ2n) is 4.31. The number of nitrogens with one attached hydrogen (secondary N) is 1. The first kappa shape index (κ1) is 14.6. The van der Waals surface area contributed by atoms with E-state index < -0.39 is 18.2 Å². The van der Waals surface area contributed by atoms with Crippen molar-refractivity contribution in [2.75, 3.05) is 0 Å². The molecule has 0 fully saturated rings. The maximum atomic E-state index is 11.7. The van der Waals surface area contributed by atoms with Gasteiger partial charge >= 0.3 is 12.1 Å². The molecule has 1 aromatic carbocycles. The van der Waals surface area contributed by atoms with Crippen LogP contribution in [0, 0.1) is 0 Å². The Morgan fingerprint density at radius 1 is 1.29 bits per heavy atom. The van der Waals surface area contributed by atoms with Gasteiger partial charge in [-0.2, -0.15) is 5.10 Å². The Kier molecular flexibility index (Phi) is 4.92. The van der Waals surface area contributed by atoms with Crippen molar-refractivity contribution in [3.63, 3.8) is 0 Å². The summed E-state index contributed by atoms with van der Waals surface area (Å²) in [6, 6.07) is 10.8. The Hall–Kier alpha value is -2.83. The molecule has 0 radical (unpaired) electrons. The van der Waals surface area contributed by atoms with E-state index in [9.17, 15) is 9.59 Å². The highest BCUT2D eigenvalue weighted by Gasteiger charge is 2.18. The van der Waals surface area contributed by atoms with Gasteiger partial charge in [-0.1, -0.05) is 30.3 Å². The maximum absolute atomic E-state index is 11.7. The largest absolute Gasteiger partial charge is 0.481 e. The zero-order valence-electron chi connectivity index (χ0n) is 11.2. The van der Waals surface area contributed by atoms with E-state index in [4.69, 9.17) is 9.84 Å². The average molecular weight is 289 g/mol. The van der Waals surface area contributed by atoms with E-state index in [1.165, 1.54) is 10.9 Å². The number of benzene rings is 1. The first-order chi connectivity index (χ1) is 10.1. The number of amides is 1. The molecule has 1 amide bonds. The third kappa shape index (κ3) is 4.64. The van der Waals surface area contributed by atoms with Gasteiger partial charge in [0, 0.05) is 12.4 Å². The summed E-state index contributed by atoms with van der Waals surface area (Å²) in [7, 11) is 0. The van der Waals surface area contributed by atoms with Crippen molar-refractivity contribution in [1.82, 2.24) is 15.1 Å². The number of nitrogens with zero attached hydrogens (tertiary/aromatic N) is 2. The van der Waals surface area contributed by atoms with E-state index in [0.29, 0.717) is 0 Å². The second-order valence-corrected chi connectivity index (χ2v) is 4.31. The summed E-state index contributed by atoms with van der Waals surface area (Å²) in [5.74, 6) is -1.04. The standard InChI is InChI=1S/C14H15N3O4/c18-13(19)9-12(17-8-4-7-15-17)16-14(20)21-10-11-5-2-1-3-6-11/h1-8,12H,9-10H2,(H,16,20)(H,18,19). The number of ether oxygens (including phenoxy) is 1. The van der Waals surface area contributed by atoms with Gasteiger partial charge in [0.25, 0.3) is 0 Å². The molecule has 7 nitrogen and oxygen atoms in total. The lowest BCUT2D eigenvalue weighted by molar-refractivity contribution is -0.138. The summed E-state index contributed by atoms with van der Waals surface area (Å²) in [5.41, 5.74) is 0.849. The molecule has 1 unspecified atom stereocenters. The summed E-state index contributed by atoms with van der Waals surface area (Å²) in [6.45, 7) is 0.117. The van der Waals surface area contributed by atoms with E-state index in [1.807, 2.05) is 30.3 Å². The monoisotopic (exact) mass is 289 g/mol. The van der Waals surface area contributed by atoms with Crippen molar-refractivity contribution in [1.29, 1.82) is 0 Å². The minimum Gasteiger partial charge on any atom is -0.481 e. The molecule has 2 N–H and O–H groups in total. The van der Waals surface area contributed by atoms with Crippen LogP contribution in [-0.4, -0.2) is 26.9 Å². The summed E-state index contributed by atoms with van der Waals surface area (Å²) >= 11 is 0. The molecule has 0 aliphatic rings. The average Bonchev–Trinajstić information content (AvgIpc) is 2.99. The van der Waals surface area contributed by atoms with Crippen LogP contribution in [0.25, 0.3) is 0 Å². The SMILES string of the molecule is O=C(O)CC(NC(=O)OCc1ccccc1)n1cccn1. The van der Waals surface area contributed by atoms with Gasteiger partial charge in [0.05, 0.1) is 6.42 Å². The fraction of sp³-hybridized carbons (Fsp3) is 0.214. The quantitative estimate of drug-likeness (QED) is 0.845. The molecular weight excluding hydrogens is 274 g/mol. The van der Waals surface area contributed by atoms with Crippen LogP contribution in [0.2, 0.25) is 0 Å². The number of carbonyl (C=O) groups excluding carboxylic acids is 1. The summed E-state index contributed by atoms with van der Waals surface area (Å²) in [6.07, 6.45) is 1.31. The molecule has 1 heterocycles. The summed E-state index contributed by atoms with van der Waals surface area (Å²) < 4.78 is 6.41. The Morgan fingerprint density at radius 2 is 2.05 bits per heavy atom. The number of rotatable bonds is 6. The van der Waals surface area contributed by atoms with Gasteiger partial charge in [-0.25, -0.2) is 9.48 Å². The van der Waals surface area contributed by atoms with Crippen LogP contribution >= 0.6 is 0 Å². The Bertz CT molecular complexity index is 584. The van der Waals surface area contributed by atoms with Gasteiger partial charge in [-0.15, -0.1) is 0 Å². The van der Waals surface area contributed by atoms with Crippen LogP contribution in [0.4, 0.5) is 4.79 Å². The van der Waals surface area contributed by atoms with Gasteiger partial charge in [-0.3, -0.25) is 10.1 Å². The van der Waals surface area contributed by atoms with Gasteiger partial charge < -0.3 is 9.84 Å². The molecule has 1 atom stereocenters. The molecule has 0 saturated heterocycles.